The van der Waals surface area contributed by atoms with Gasteiger partial charge in [0.05, 0.1) is 17.9 Å². The molecule has 1 aliphatic heterocycles. The molecule has 1 aromatic heterocycles. The molecule has 1 aromatic carbocycles. The highest BCUT2D eigenvalue weighted by atomic mass is 15.3. The SMILES string of the molecule is Cc1nn(-c2ccccc2)c(C)c1CNC1=NCCN1C. The Labute approximate surface area is 125 Å². The second-order valence-corrected chi connectivity index (χ2v) is 5.38. The van der Waals surface area contributed by atoms with E-state index in [0.29, 0.717) is 0 Å². The number of likely N-dealkylation sites (N-methyl/N-ethyl adjacent to an activating group) is 1. The summed E-state index contributed by atoms with van der Waals surface area (Å²) in [5.41, 5.74) is 4.57. The molecular formula is C16H21N5. The summed E-state index contributed by atoms with van der Waals surface area (Å²) in [6, 6.07) is 10.2. The molecule has 21 heavy (non-hydrogen) atoms. The van der Waals surface area contributed by atoms with Crippen molar-refractivity contribution in [2.24, 2.45) is 4.99 Å². The molecule has 1 aliphatic rings. The summed E-state index contributed by atoms with van der Waals surface area (Å²) >= 11 is 0. The van der Waals surface area contributed by atoms with Crippen molar-refractivity contribution in [3.05, 3.63) is 47.3 Å². The Balaban J connectivity index is 1.82. The van der Waals surface area contributed by atoms with E-state index in [1.165, 1.54) is 11.3 Å². The second kappa shape index (κ2) is 5.60. The van der Waals surface area contributed by atoms with Crippen LogP contribution in [0.2, 0.25) is 0 Å². The molecule has 2 aromatic rings. The van der Waals surface area contributed by atoms with Crippen LogP contribution in [-0.2, 0) is 6.54 Å². The van der Waals surface area contributed by atoms with E-state index in [1.54, 1.807) is 0 Å². The van der Waals surface area contributed by atoms with Crippen LogP contribution in [0.4, 0.5) is 0 Å². The van der Waals surface area contributed by atoms with Crippen molar-refractivity contribution < 1.29 is 0 Å². The van der Waals surface area contributed by atoms with Crippen molar-refractivity contribution in [3.8, 4) is 5.69 Å². The fraction of sp³-hybridized carbons (Fsp3) is 0.375. The number of nitrogens with zero attached hydrogens (tertiary/aromatic N) is 4. The van der Waals surface area contributed by atoms with E-state index < -0.39 is 0 Å². The van der Waals surface area contributed by atoms with Crippen LogP contribution >= 0.6 is 0 Å². The van der Waals surface area contributed by atoms with Gasteiger partial charge in [0.15, 0.2) is 5.96 Å². The molecule has 3 rings (SSSR count). The maximum absolute atomic E-state index is 4.67. The number of aromatic nitrogens is 2. The number of aliphatic imine (C=N–C) groups is 1. The van der Waals surface area contributed by atoms with Gasteiger partial charge in [-0.1, -0.05) is 18.2 Å². The maximum atomic E-state index is 4.67. The van der Waals surface area contributed by atoms with Crippen LogP contribution in [0.25, 0.3) is 5.69 Å². The minimum Gasteiger partial charge on any atom is -0.352 e. The Morgan fingerprint density at radius 2 is 1.95 bits per heavy atom. The number of aryl methyl sites for hydroxylation is 1. The van der Waals surface area contributed by atoms with Crippen molar-refractivity contribution >= 4 is 5.96 Å². The van der Waals surface area contributed by atoms with Crippen LogP contribution in [0.3, 0.4) is 0 Å². The number of rotatable bonds is 3. The van der Waals surface area contributed by atoms with Gasteiger partial charge < -0.3 is 10.2 Å². The van der Waals surface area contributed by atoms with Crippen LogP contribution in [0.1, 0.15) is 17.0 Å². The predicted octanol–water partition coefficient (Wildman–Crippen LogP) is 1.88. The average Bonchev–Trinajstić information content (AvgIpc) is 3.02. The Kier molecular flexibility index (Phi) is 3.64. The zero-order valence-corrected chi connectivity index (χ0v) is 12.8. The Morgan fingerprint density at radius 3 is 2.62 bits per heavy atom. The smallest absolute Gasteiger partial charge is 0.194 e. The van der Waals surface area contributed by atoms with Crippen molar-refractivity contribution in [3.63, 3.8) is 0 Å². The van der Waals surface area contributed by atoms with Gasteiger partial charge in [0.1, 0.15) is 0 Å². The third kappa shape index (κ3) is 2.63. The summed E-state index contributed by atoms with van der Waals surface area (Å²) in [5, 5.41) is 8.08. The number of nitrogens with one attached hydrogen (secondary N) is 1. The first-order valence-electron chi connectivity index (χ1n) is 7.27. The molecule has 0 atom stereocenters. The van der Waals surface area contributed by atoms with Gasteiger partial charge in [-0.25, -0.2) is 4.68 Å². The van der Waals surface area contributed by atoms with E-state index in [9.17, 15) is 0 Å². The number of benzene rings is 1. The zero-order chi connectivity index (χ0) is 14.8. The highest BCUT2D eigenvalue weighted by Crippen LogP contribution is 2.17. The normalized spacial score (nSPS) is 14.4. The molecule has 0 unspecified atom stereocenters. The van der Waals surface area contributed by atoms with Gasteiger partial charge in [-0.15, -0.1) is 0 Å². The first-order valence-corrected chi connectivity index (χ1v) is 7.27. The molecule has 0 aliphatic carbocycles. The van der Waals surface area contributed by atoms with Crippen LogP contribution in [0.5, 0.6) is 0 Å². The van der Waals surface area contributed by atoms with E-state index in [0.717, 1.165) is 37.0 Å². The van der Waals surface area contributed by atoms with Crippen molar-refractivity contribution in [1.29, 1.82) is 0 Å². The molecule has 5 heteroatoms. The standard InChI is InChI=1S/C16H21N5/c1-12-15(11-18-16-17-9-10-20(16)3)13(2)21(19-12)14-7-5-4-6-8-14/h4-8H,9-11H2,1-3H3,(H,17,18). The molecule has 110 valence electrons. The van der Waals surface area contributed by atoms with Crippen molar-refractivity contribution in [1.82, 2.24) is 20.0 Å². The molecule has 0 bridgehead atoms. The summed E-state index contributed by atoms with van der Waals surface area (Å²) in [7, 11) is 2.06. The van der Waals surface area contributed by atoms with Gasteiger partial charge in [-0.3, -0.25) is 4.99 Å². The highest BCUT2D eigenvalue weighted by Gasteiger charge is 2.16. The molecule has 5 nitrogen and oxygen atoms in total. The van der Waals surface area contributed by atoms with E-state index in [1.807, 2.05) is 22.9 Å². The van der Waals surface area contributed by atoms with E-state index in [2.05, 4.69) is 53.3 Å². The van der Waals surface area contributed by atoms with Gasteiger partial charge in [0, 0.05) is 31.4 Å². The average molecular weight is 283 g/mol. The lowest BCUT2D eigenvalue weighted by Crippen LogP contribution is -2.35. The van der Waals surface area contributed by atoms with Crippen LogP contribution in [0, 0.1) is 13.8 Å². The molecule has 0 spiro atoms. The topological polar surface area (TPSA) is 45.5 Å². The van der Waals surface area contributed by atoms with E-state index >= 15 is 0 Å². The lowest BCUT2D eigenvalue weighted by atomic mass is 10.2. The number of para-hydroxylation sites is 1. The maximum Gasteiger partial charge on any atom is 0.194 e. The van der Waals surface area contributed by atoms with Gasteiger partial charge >= 0.3 is 0 Å². The molecule has 0 fully saturated rings. The Morgan fingerprint density at radius 1 is 1.19 bits per heavy atom. The van der Waals surface area contributed by atoms with E-state index in [-0.39, 0.29) is 0 Å². The number of hydrogen-bond acceptors (Lipinski definition) is 4. The van der Waals surface area contributed by atoms with Crippen LogP contribution in [0.15, 0.2) is 35.3 Å². The second-order valence-electron chi connectivity index (χ2n) is 5.38. The van der Waals surface area contributed by atoms with Gasteiger partial charge in [-0.2, -0.15) is 5.10 Å². The Bertz CT molecular complexity index is 657. The first kappa shape index (κ1) is 13.7. The molecule has 0 amide bonds. The fourth-order valence-corrected chi connectivity index (χ4v) is 2.64. The number of hydrogen-bond donors (Lipinski definition) is 1. The zero-order valence-electron chi connectivity index (χ0n) is 12.8. The summed E-state index contributed by atoms with van der Waals surface area (Å²) in [6.07, 6.45) is 0. The van der Waals surface area contributed by atoms with Crippen LogP contribution < -0.4 is 5.32 Å². The Hall–Kier alpha value is -2.30. The third-order valence-corrected chi connectivity index (χ3v) is 3.92. The van der Waals surface area contributed by atoms with Crippen molar-refractivity contribution in [2.75, 3.05) is 20.1 Å². The lowest BCUT2D eigenvalue weighted by molar-refractivity contribution is 0.533. The van der Waals surface area contributed by atoms with E-state index in [4.69, 9.17) is 0 Å². The lowest BCUT2D eigenvalue weighted by Gasteiger charge is -2.15. The molecular weight excluding hydrogens is 262 g/mol. The monoisotopic (exact) mass is 283 g/mol. The molecule has 2 heterocycles. The molecule has 0 radical (unpaired) electrons. The van der Waals surface area contributed by atoms with Gasteiger partial charge in [0.25, 0.3) is 0 Å². The molecule has 0 saturated carbocycles. The summed E-state index contributed by atoms with van der Waals surface area (Å²) in [5.74, 6) is 0.973. The third-order valence-electron chi connectivity index (χ3n) is 3.92. The van der Waals surface area contributed by atoms with Crippen LogP contribution in [-0.4, -0.2) is 40.8 Å². The largest absolute Gasteiger partial charge is 0.352 e. The quantitative estimate of drug-likeness (QED) is 0.935. The van der Waals surface area contributed by atoms with Crippen molar-refractivity contribution in [2.45, 2.75) is 20.4 Å². The number of guanidine groups is 1. The van der Waals surface area contributed by atoms with Gasteiger partial charge in [-0.05, 0) is 26.0 Å². The fourth-order valence-electron chi connectivity index (χ4n) is 2.64. The van der Waals surface area contributed by atoms with Gasteiger partial charge in [0.2, 0.25) is 0 Å². The first-order chi connectivity index (χ1) is 10.2. The highest BCUT2D eigenvalue weighted by molar-refractivity contribution is 5.81. The summed E-state index contributed by atoms with van der Waals surface area (Å²) in [6.45, 7) is 6.80. The summed E-state index contributed by atoms with van der Waals surface area (Å²) in [4.78, 5) is 6.61. The summed E-state index contributed by atoms with van der Waals surface area (Å²) < 4.78 is 2.01. The predicted molar refractivity (Wildman–Crippen MR) is 84.8 cm³/mol. The molecule has 1 N–H and O–H groups in total. The molecule has 0 saturated heterocycles. The minimum atomic E-state index is 0.758. The minimum absolute atomic E-state index is 0.758.